The van der Waals surface area contributed by atoms with Gasteiger partial charge in [0.2, 0.25) is 0 Å². The van der Waals surface area contributed by atoms with E-state index < -0.39 is 0 Å². The Morgan fingerprint density at radius 3 is 1.84 bits per heavy atom. The van der Waals surface area contributed by atoms with E-state index in [1.165, 1.54) is 30.0 Å². The number of carbonyl (C=O) groups excluding carboxylic acids is 1. The van der Waals surface area contributed by atoms with Gasteiger partial charge >= 0.3 is 5.97 Å². The fourth-order valence-electron chi connectivity index (χ4n) is 5.95. The van der Waals surface area contributed by atoms with Gasteiger partial charge in [0.25, 0.3) is 0 Å². The highest BCUT2D eigenvalue weighted by atomic mass is 31.1. The van der Waals surface area contributed by atoms with Crippen LogP contribution in [0.15, 0.2) is 103 Å². The first-order valence-corrected chi connectivity index (χ1v) is 12.5. The van der Waals surface area contributed by atoms with E-state index in [-0.39, 0.29) is 24.5 Å². The number of carbonyl (C=O) groups is 1. The Hall–Kier alpha value is -2.70. The van der Waals surface area contributed by atoms with Crippen LogP contribution in [0.2, 0.25) is 0 Å². The first-order valence-electron chi connectivity index (χ1n) is 10.9. The lowest BCUT2D eigenvalue weighted by Crippen LogP contribution is -2.41. The van der Waals surface area contributed by atoms with Gasteiger partial charge in [-0.1, -0.05) is 105 Å². The average molecular weight is 426 g/mol. The zero-order valence-corrected chi connectivity index (χ0v) is 18.9. The lowest BCUT2D eigenvalue weighted by molar-refractivity contribution is -0.136. The van der Waals surface area contributed by atoms with Gasteiger partial charge in [-0.3, -0.25) is 0 Å². The zero-order valence-electron chi connectivity index (χ0n) is 18.0. The molecule has 0 saturated carbocycles. The normalized spacial score (nSPS) is 26.2. The number of esters is 1. The molecule has 0 spiro atoms. The Morgan fingerprint density at radius 2 is 1.35 bits per heavy atom. The third-order valence-electron chi connectivity index (χ3n) is 7.19. The second-order valence-corrected chi connectivity index (χ2v) is 11.1. The van der Waals surface area contributed by atoms with E-state index in [0.717, 1.165) is 12.0 Å². The summed E-state index contributed by atoms with van der Waals surface area (Å²) in [5.74, 6) is -0.227. The van der Waals surface area contributed by atoms with Gasteiger partial charge in [-0.2, -0.15) is 0 Å². The van der Waals surface area contributed by atoms with Crippen LogP contribution in [0.1, 0.15) is 30.0 Å². The van der Waals surface area contributed by atoms with Crippen molar-refractivity contribution >= 4 is 13.9 Å². The van der Waals surface area contributed by atoms with Crippen LogP contribution in [0.5, 0.6) is 0 Å². The van der Waals surface area contributed by atoms with E-state index in [0.29, 0.717) is 5.66 Å². The highest BCUT2D eigenvalue weighted by molar-refractivity contribution is 7.68. The minimum Gasteiger partial charge on any atom is -0.466 e. The molecule has 31 heavy (non-hydrogen) atoms. The molecule has 0 radical (unpaired) electrons. The smallest absolute Gasteiger partial charge is 0.333 e. The van der Waals surface area contributed by atoms with Crippen LogP contribution < -0.4 is 0 Å². The van der Waals surface area contributed by atoms with Gasteiger partial charge in [0.15, 0.2) is 0 Å². The number of methoxy groups -OCH3 is 1. The third kappa shape index (κ3) is 2.85. The van der Waals surface area contributed by atoms with Crippen molar-refractivity contribution in [1.29, 1.82) is 0 Å². The molecule has 3 aromatic carbocycles. The van der Waals surface area contributed by atoms with E-state index in [4.69, 9.17) is 4.74 Å². The summed E-state index contributed by atoms with van der Waals surface area (Å²) in [5, 5.41) is -0.0123. The summed E-state index contributed by atoms with van der Waals surface area (Å²) in [5.41, 5.74) is 5.11. The first kappa shape index (κ1) is 20.2. The molecule has 3 aromatic rings. The molecular weight excluding hydrogens is 399 g/mol. The summed E-state index contributed by atoms with van der Waals surface area (Å²) in [6.07, 6.45) is 4.54. The number of hydrogen-bond acceptors (Lipinski definition) is 2. The van der Waals surface area contributed by atoms with E-state index in [1.54, 1.807) is 0 Å². The van der Waals surface area contributed by atoms with Crippen LogP contribution in [0.4, 0.5) is 0 Å². The Morgan fingerprint density at radius 1 is 0.871 bits per heavy atom. The van der Waals surface area contributed by atoms with E-state index in [1.807, 2.05) is 6.92 Å². The minimum atomic E-state index is -0.304. The minimum absolute atomic E-state index is 0.0123. The summed E-state index contributed by atoms with van der Waals surface area (Å²) in [6.45, 7) is 1.89. The molecule has 3 unspecified atom stereocenters. The molecule has 3 atom stereocenters. The van der Waals surface area contributed by atoms with Crippen LogP contribution in [0.25, 0.3) is 0 Å². The number of ether oxygens (including phenoxy) is 1. The number of benzene rings is 3. The quantitative estimate of drug-likeness (QED) is 0.274. The lowest BCUT2D eigenvalue weighted by Gasteiger charge is -2.41. The van der Waals surface area contributed by atoms with E-state index in [2.05, 4.69) is 97.1 Å². The summed E-state index contributed by atoms with van der Waals surface area (Å²) in [4.78, 5) is 12.3. The summed E-state index contributed by atoms with van der Waals surface area (Å²) < 4.78 is 5.02. The predicted molar refractivity (Wildman–Crippen MR) is 128 cm³/mol. The Kier molecular flexibility index (Phi) is 5.07. The molecular formula is C28H27O2P. The largest absolute Gasteiger partial charge is 0.466 e. The maximum atomic E-state index is 12.3. The van der Waals surface area contributed by atoms with Gasteiger partial charge in [0.1, 0.15) is 0 Å². The van der Waals surface area contributed by atoms with Gasteiger partial charge in [0.05, 0.1) is 7.11 Å². The van der Waals surface area contributed by atoms with Gasteiger partial charge < -0.3 is 4.74 Å². The van der Waals surface area contributed by atoms with Crippen LogP contribution in [0, 0.1) is 0 Å². The highest BCUT2D eigenvalue weighted by Crippen LogP contribution is 2.92. The van der Waals surface area contributed by atoms with Gasteiger partial charge in [-0.05, 0) is 36.2 Å². The van der Waals surface area contributed by atoms with Crippen molar-refractivity contribution < 1.29 is 9.53 Å². The molecule has 2 heterocycles. The first-order chi connectivity index (χ1) is 15.2. The highest BCUT2D eigenvalue weighted by Gasteiger charge is 2.77. The van der Waals surface area contributed by atoms with Crippen molar-refractivity contribution in [1.82, 2.24) is 0 Å². The molecule has 2 fully saturated rings. The van der Waals surface area contributed by atoms with Crippen LogP contribution >= 0.6 is 7.92 Å². The van der Waals surface area contributed by atoms with Crippen molar-refractivity contribution in [3.8, 4) is 0 Å². The molecule has 3 heteroatoms. The average Bonchev–Trinajstić information content (AvgIpc) is 3.32. The Bertz CT molecular complexity index is 1070. The number of hydrogen-bond donors (Lipinski definition) is 0. The zero-order chi connectivity index (χ0) is 21.5. The van der Waals surface area contributed by atoms with Crippen molar-refractivity contribution in [3.05, 3.63) is 119 Å². The molecule has 2 saturated heterocycles. The molecule has 0 bridgehead atoms. The second-order valence-electron chi connectivity index (χ2n) is 8.50. The monoisotopic (exact) mass is 426 g/mol. The molecule has 0 aromatic heterocycles. The Labute approximate surface area is 185 Å². The molecule has 0 aliphatic carbocycles. The van der Waals surface area contributed by atoms with Crippen molar-refractivity contribution in [2.75, 3.05) is 13.3 Å². The number of allylic oxidation sites excluding steroid dienone is 1. The summed E-state index contributed by atoms with van der Waals surface area (Å²) >= 11 is 0. The van der Waals surface area contributed by atoms with Gasteiger partial charge in [-0.15, -0.1) is 0 Å². The fourth-order valence-corrected chi connectivity index (χ4v) is 10.3. The Balaban J connectivity index is 1.78. The number of rotatable bonds is 5. The molecule has 5 rings (SSSR count). The molecule has 156 valence electrons. The topological polar surface area (TPSA) is 26.3 Å². The molecule has 0 amide bonds. The second kappa shape index (κ2) is 7.77. The standard InChI is InChI=1S/C28H27O2P/c1-21(26(29)30-2)20-25-28(24-16-10-5-11-17-24)27(18-19-31(25)28,22-12-6-3-7-13-22)23-14-8-4-9-15-23/h3-17,20,25H,18-19H2,1-2H3. The van der Waals surface area contributed by atoms with E-state index in [9.17, 15) is 4.79 Å². The van der Waals surface area contributed by atoms with Crippen molar-refractivity contribution in [2.45, 2.75) is 29.6 Å². The summed E-state index contributed by atoms with van der Waals surface area (Å²) in [6, 6.07) is 33.0. The van der Waals surface area contributed by atoms with Crippen molar-refractivity contribution in [3.63, 3.8) is 0 Å². The summed E-state index contributed by atoms with van der Waals surface area (Å²) in [7, 11) is 1.16. The SMILES string of the molecule is COC(=O)C(C)=CC1P2CCC(c3ccccc3)(c3ccccc3)C12c1ccccc1. The molecule has 2 aliphatic heterocycles. The van der Waals surface area contributed by atoms with Crippen LogP contribution in [-0.4, -0.2) is 24.9 Å². The lowest BCUT2D eigenvalue weighted by atomic mass is 9.61. The van der Waals surface area contributed by atoms with E-state index >= 15 is 0 Å². The van der Waals surface area contributed by atoms with Crippen molar-refractivity contribution in [2.24, 2.45) is 0 Å². The third-order valence-corrected chi connectivity index (χ3v) is 10.6. The van der Waals surface area contributed by atoms with Crippen LogP contribution in [-0.2, 0) is 20.1 Å². The van der Waals surface area contributed by atoms with Gasteiger partial charge in [-0.25, -0.2) is 4.79 Å². The van der Waals surface area contributed by atoms with Crippen LogP contribution in [0.3, 0.4) is 0 Å². The number of fused-ring (bicyclic) bond motifs is 1. The maximum absolute atomic E-state index is 12.3. The van der Waals surface area contributed by atoms with Gasteiger partial charge in [0, 0.05) is 21.8 Å². The molecule has 2 aliphatic rings. The predicted octanol–water partition coefficient (Wildman–Crippen LogP) is 6.26. The fraction of sp³-hybridized carbons (Fsp3) is 0.250. The molecule has 0 N–H and O–H groups in total. The maximum Gasteiger partial charge on any atom is 0.333 e. The molecule has 2 nitrogen and oxygen atoms in total.